The lowest BCUT2D eigenvalue weighted by atomic mass is 10.3. The Morgan fingerprint density at radius 3 is 2.24 bits per heavy atom. The predicted octanol–water partition coefficient (Wildman–Crippen LogP) is 3.20. The van der Waals surface area contributed by atoms with Crippen LogP contribution >= 0.6 is 0 Å². The molecule has 0 atom stereocenters. The number of aromatic nitrogens is 1. The minimum atomic E-state index is -0.184. The number of amides is 2. The highest BCUT2D eigenvalue weighted by molar-refractivity contribution is 5.79. The average Bonchev–Trinajstić information content (AvgIpc) is 3.40. The number of hydrogen-bond acceptors (Lipinski definition) is 6. The summed E-state index contributed by atoms with van der Waals surface area (Å²) >= 11 is 0. The lowest BCUT2D eigenvalue weighted by Gasteiger charge is -2.10. The van der Waals surface area contributed by atoms with Crippen LogP contribution in [0, 0.1) is 6.92 Å². The molecular formula is C21H33N3O5. The maximum Gasteiger partial charge on any atom is 0.239 e. The van der Waals surface area contributed by atoms with Crippen molar-refractivity contribution in [1.29, 1.82) is 0 Å². The van der Waals surface area contributed by atoms with Crippen molar-refractivity contribution in [3.8, 4) is 11.5 Å². The molecule has 1 aromatic heterocycles. The molecule has 2 amide bonds. The van der Waals surface area contributed by atoms with Crippen molar-refractivity contribution in [3.63, 3.8) is 0 Å². The molecule has 29 heavy (non-hydrogen) atoms. The zero-order valence-electron chi connectivity index (χ0n) is 18.2. The highest BCUT2D eigenvalue weighted by Gasteiger charge is 2.09. The van der Waals surface area contributed by atoms with Crippen LogP contribution in [0.4, 0.5) is 0 Å². The van der Waals surface area contributed by atoms with E-state index >= 15 is 0 Å². The van der Waals surface area contributed by atoms with Gasteiger partial charge in [0, 0.05) is 20.0 Å². The molecule has 0 aliphatic carbocycles. The first kappa shape index (κ1) is 26.0. The summed E-state index contributed by atoms with van der Waals surface area (Å²) in [5.74, 6) is 2.27. The molecule has 8 heteroatoms. The number of hydrogen-bond donors (Lipinski definition) is 1. The van der Waals surface area contributed by atoms with Crippen LogP contribution in [-0.4, -0.2) is 49.1 Å². The number of rotatable bonds is 6. The molecular weight excluding hydrogens is 374 g/mol. The molecule has 0 radical (unpaired) electrons. The Hall–Kier alpha value is -3.03. The number of ether oxygens (including phenoxy) is 2. The topological polar surface area (TPSA) is 93.9 Å². The number of benzene rings is 1. The van der Waals surface area contributed by atoms with Gasteiger partial charge in [0.1, 0.15) is 5.76 Å². The summed E-state index contributed by atoms with van der Waals surface area (Å²) in [5, 5.41) is 2.69. The summed E-state index contributed by atoms with van der Waals surface area (Å²) in [6.45, 7) is 10.7. The minimum absolute atomic E-state index is 0.0707. The molecule has 0 bridgehead atoms. The van der Waals surface area contributed by atoms with Crippen LogP contribution < -0.4 is 14.8 Å². The fourth-order valence-corrected chi connectivity index (χ4v) is 2.05. The Morgan fingerprint density at radius 2 is 1.76 bits per heavy atom. The second-order valence-electron chi connectivity index (χ2n) is 5.33. The van der Waals surface area contributed by atoms with Crippen LogP contribution in [0.2, 0.25) is 0 Å². The predicted molar refractivity (Wildman–Crippen MR) is 112 cm³/mol. The highest BCUT2D eigenvalue weighted by atomic mass is 16.7. The molecule has 3 rings (SSSR count). The van der Waals surface area contributed by atoms with Gasteiger partial charge in [-0.3, -0.25) is 9.59 Å². The number of carbonyl (C=O) groups excluding carboxylic acids is 2. The first-order valence-electron chi connectivity index (χ1n) is 9.76. The number of aryl methyl sites for hydroxylation is 1. The first-order valence-corrected chi connectivity index (χ1v) is 9.76. The van der Waals surface area contributed by atoms with E-state index in [4.69, 9.17) is 13.9 Å². The summed E-state index contributed by atoms with van der Waals surface area (Å²) in [6, 6.07) is 7.63. The van der Waals surface area contributed by atoms with Gasteiger partial charge in [-0.05, 0) is 19.1 Å². The molecule has 8 nitrogen and oxygen atoms in total. The van der Waals surface area contributed by atoms with Crippen LogP contribution in [0.15, 0.2) is 35.1 Å². The monoisotopic (exact) mass is 407 g/mol. The van der Waals surface area contributed by atoms with Crippen molar-refractivity contribution in [1.82, 2.24) is 15.2 Å². The molecule has 1 aliphatic rings. The smallest absolute Gasteiger partial charge is 0.239 e. The van der Waals surface area contributed by atoms with Crippen molar-refractivity contribution < 1.29 is 23.5 Å². The zero-order valence-corrected chi connectivity index (χ0v) is 18.2. The summed E-state index contributed by atoms with van der Waals surface area (Å²) < 4.78 is 15.2. The van der Waals surface area contributed by atoms with Gasteiger partial charge in [0.25, 0.3) is 0 Å². The summed E-state index contributed by atoms with van der Waals surface area (Å²) in [6.07, 6.45) is 2.62. The number of fused-ring (bicyclic) bond motifs is 1. The normalized spacial score (nSPS) is 10.1. The van der Waals surface area contributed by atoms with E-state index in [1.807, 2.05) is 58.9 Å². The van der Waals surface area contributed by atoms with E-state index in [-0.39, 0.29) is 12.5 Å². The van der Waals surface area contributed by atoms with Crippen LogP contribution in [-0.2, 0) is 16.0 Å². The fourth-order valence-electron chi connectivity index (χ4n) is 2.05. The van der Waals surface area contributed by atoms with Crippen LogP contribution in [0.25, 0.3) is 0 Å². The molecule has 1 N–H and O–H groups in total. The van der Waals surface area contributed by atoms with Gasteiger partial charge in [-0.15, -0.1) is 0 Å². The number of likely N-dealkylation sites (N-methyl/N-ethyl adjacent to an activating group) is 1. The van der Waals surface area contributed by atoms with Gasteiger partial charge in [0.05, 0.1) is 12.2 Å². The van der Waals surface area contributed by atoms with E-state index in [0.29, 0.717) is 26.2 Å². The quantitative estimate of drug-likeness (QED) is 0.739. The standard InChI is InChI=1S/C10H15N3O3.C7H6O2.2C2H6/c1-8-9(12-6-16-8)3-4-11-10(15)5-13(2)7-14;1-2-4-7-6(3-1)8-5-9-7;2*1-2/h6-7H,3-5H2,1-2H3,(H,11,15);1-4H,5H2;2*1-2H3. The van der Waals surface area contributed by atoms with E-state index in [1.54, 1.807) is 7.05 Å². The third kappa shape index (κ3) is 10.2. The Morgan fingerprint density at radius 1 is 1.17 bits per heavy atom. The Kier molecular flexibility index (Phi) is 14.3. The van der Waals surface area contributed by atoms with Gasteiger partial charge in [0.15, 0.2) is 17.9 Å². The maximum atomic E-state index is 11.3. The van der Waals surface area contributed by atoms with Crippen molar-refractivity contribution in [2.45, 2.75) is 41.0 Å². The largest absolute Gasteiger partial charge is 0.454 e. The Labute approximate surface area is 173 Å². The first-order chi connectivity index (χ1) is 14.1. The molecule has 2 aromatic rings. The lowest BCUT2D eigenvalue weighted by molar-refractivity contribution is -0.127. The Balaban J connectivity index is 0.000000505. The Bertz CT molecular complexity index is 680. The fraction of sp³-hybridized carbons (Fsp3) is 0.476. The van der Waals surface area contributed by atoms with Gasteiger partial charge in [0.2, 0.25) is 19.1 Å². The van der Waals surface area contributed by atoms with Gasteiger partial charge >= 0.3 is 0 Å². The number of nitrogens with one attached hydrogen (secondary N) is 1. The van der Waals surface area contributed by atoms with Crippen LogP contribution in [0.1, 0.15) is 39.1 Å². The molecule has 0 fully saturated rings. The maximum absolute atomic E-state index is 11.3. The van der Waals surface area contributed by atoms with E-state index in [0.717, 1.165) is 23.0 Å². The van der Waals surface area contributed by atoms with E-state index in [9.17, 15) is 9.59 Å². The lowest BCUT2D eigenvalue weighted by Crippen LogP contribution is -2.35. The number of para-hydroxylation sites is 2. The van der Waals surface area contributed by atoms with E-state index in [2.05, 4.69) is 10.3 Å². The third-order valence-electron chi connectivity index (χ3n) is 3.38. The number of oxazole rings is 1. The molecule has 162 valence electrons. The van der Waals surface area contributed by atoms with Crippen molar-refractivity contribution in [2.75, 3.05) is 26.9 Å². The summed E-state index contributed by atoms with van der Waals surface area (Å²) in [5.41, 5.74) is 0.837. The van der Waals surface area contributed by atoms with Crippen molar-refractivity contribution >= 4 is 12.3 Å². The molecule has 0 saturated carbocycles. The molecule has 1 aromatic carbocycles. The van der Waals surface area contributed by atoms with Crippen LogP contribution in [0.3, 0.4) is 0 Å². The average molecular weight is 408 g/mol. The van der Waals surface area contributed by atoms with Gasteiger partial charge in [-0.25, -0.2) is 4.98 Å². The molecule has 0 unspecified atom stereocenters. The second kappa shape index (κ2) is 16.0. The second-order valence-corrected chi connectivity index (χ2v) is 5.33. The molecule has 1 aliphatic heterocycles. The SMILES string of the molecule is CC.CC.Cc1ocnc1CCNC(=O)CN(C)C=O.c1ccc2c(c1)OCO2. The van der Waals surface area contributed by atoms with Gasteiger partial charge in [-0.1, -0.05) is 39.8 Å². The van der Waals surface area contributed by atoms with Crippen molar-refractivity contribution in [3.05, 3.63) is 42.1 Å². The van der Waals surface area contributed by atoms with E-state index in [1.165, 1.54) is 11.3 Å². The molecule has 0 saturated heterocycles. The molecule has 0 spiro atoms. The summed E-state index contributed by atoms with van der Waals surface area (Å²) in [7, 11) is 1.55. The highest BCUT2D eigenvalue weighted by Crippen LogP contribution is 2.30. The molecule has 2 heterocycles. The zero-order chi connectivity index (χ0) is 22.1. The third-order valence-corrected chi connectivity index (χ3v) is 3.38. The number of carbonyl (C=O) groups is 2. The van der Waals surface area contributed by atoms with Gasteiger partial charge < -0.3 is 24.1 Å². The number of nitrogens with zero attached hydrogens (tertiary/aromatic N) is 2. The van der Waals surface area contributed by atoms with Gasteiger partial charge in [-0.2, -0.15) is 0 Å². The van der Waals surface area contributed by atoms with Crippen molar-refractivity contribution in [2.24, 2.45) is 0 Å². The van der Waals surface area contributed by atoms with Crippen LogP contribution in [0.5, 0.6) is 11.5 Å². The van der Waals surface area contributed by atoms with E-state index < -0.39 is 0 Å². The minimum Gasteiger partial charge on any atom is -0.454 e. The summed E-state index contributed by atoms with van der Waals surface area (Å²) in [4.78, 5) is 26.8.